The topological polar surface area (TPSA) is 109 Å². The normalized spacial score (nSPS) is 16.4. The predicted octanol–water partition coefficient (Wildman–Crippen LogP) is 5.20. The number of rotatable bonds is 9. The van der Waals surface area contributed by atoms with Gasteiger partial charge in [-0.3, -0.25) is 9.78 Å². The van der Waals surface area contributed by atoms with E-state index in [1.54, 1.807) is 43.6 Å². The molecule has 41 heavy (non-hydrogen) atoms. The van der Waals surface area contributed by atoms with Gasteiger partial charge in [0.05, 0.1) is 41.8 Å². The van der Waals surface area contributed by atoms with Gasteiger partial charge in [-0.25, -0.2) is 4.79 Å². The summed E-state index contributed by atoms with van der Waals surface area (Å²) in [5.74, 6) is -0.577. The molecule has 3 N–H and O–H groups in total. The molecule has 5 rings (SSSR count). The molecule has 2 aromatic heterocycles. The van der Waals surface area contributed by atoms with Gasteiger partial charge in [0.15, 0.2) is 5.11 Å². The Morgan fingerprint density at radius 1 is 1.07 bits per heavy atom. The molecule has 2 atom stereocenters. The highest BCUT2D eigenvalue weighted by Crippen LogP contribution is 2.41. The maximum Gasteiger partial charge on any atom is 0.337 e. The number of carbonyl (C=O) groups excluding carboxylic acids is 1. The van der Waals surface area contributed by atoms with Crippen molar-refractivity contribution in [2.24, 2.45) is 0 Å². The molecule has 1 amide bonds. The van der Waals surface area contributed by atoms with Crippen LogP contribution in [0.4, 0.5) is 5.69 Å². The summed E-state index contributed by atoms with van der Waals surface area (Å²) in [6.07, 6.45) is 1.93. The van der Waals surface area contributed by atoms with Crippen LogP contribution in [0.2, 0.25) is 0 Å². The summed E-state index contributed by atoms with van der Waals surface area (Å²) in [6, 6.07) is 21.5. The summed E-state index contributed by atoms with van der Waals surface area (Å²) < 4.78 is 7.32. The first-order chi connectivity index (χ1) is 19.8. The number of benzene rings is 2. The standard InChI is InChI=1S/C31H31N5O4S/c1-19-18-22(20(2)36(19)25-13-6-4-10-21(25)30(38)39)29-28(24-12-8-9-16-32-24)34-31(41)35(29)17-15-27(37)33-23-11-5-7-14-26(23)40-3/h4-14,16,18,28-29H,15,17H2,1-3H3,(H,33,37)(H,34,41)(H,38,39)/t28-,29+/m1/s1. The predicted molar refractivity (Wildman–Crippen MR) is 161 cm³/mol. The lowest BCUT2D eigenvalue weighted by Gasteiger charge is -2.28. The Balaban J connectivity index is 1.50. The van der Waals surface area contributed by atoms with E-state index in [-0.39, 0.29) is 30.0 Å². The molecule has 0 aliphatic carbocycles. The summed E-state index contributed by atoms with van der Waals surface area (Å²) in [4.78, 5) is 31.7. The zero-order chi connectivity index (χ0) is 29.1. The van der Waals surface area contributed by atoms with E-state index in [1.165, 1.54) is 0 Å². The summed E-state index contributed by atoms with van der Waals surface area (Å²) in [5, 5.41) is 16.7. The van der Waals surface area contributed by atoms with Crippen molar-refractivity contribution in [1.29, 1.82) is 0 Å². The van der Waals surface area contributed by atoms with Gasteiger partial charge in [-0.2, -0.15) is 0 Å². The molecular weight excluding hydrogens is 538 g/mol. The van der Waals surface area contributed by atoms with Crippen molar-refractivity contribution in [3.8, 4) is 11.4 Å². The Labute approximate surface area is 243 Å². The van der Waals surface area contributed by atoms with E-state index in [1.807, 2.05) is 59.7 Å². The van der Waals surface area contributed by atoms with E-state index in [0.717, 1.165) is 22.6 Å². The molecule has 0 radical (unpaired) electrons. The van der Waals surface area contributed by atoms with E-state index in [2.05, 4.69) is 21.7 Å². The molecule has 10 heteroatoms. The number of ether oxygens (including phenoxy) is 1. The second-order valence-corrected chi connectivity index (χ2v) is 10.2. The highest BCUT2D eigenvalue weighted by Gasteiger charge is 2.41. The Bertz CT molecular complexity index is 1600. The second-order valence-electron chi connectivity index (χ2n) is 9.80. The largest absolute Gasteiger partial charge is 0.495 e. The van der Waals surface area contributed by atoms with Crippen molar-refractivity contribution >= 4 is 34.9 Å². The molecule has 3 heterocycles. The van der Waals surface area contributed by atoms with Gasteiger partial charge in [-0.15, -0.1) is 0 Å². The summed E-state index contributed by atoms with van der Waals surface area (Å²) >= 11 is 5.80. The van der Waals surface area contributed by atoms with Crippen LogP contribution in [0.3, 0.4) is 0 Å². The number of hydrogen-bond acceptors (Lipinski definition) is 5. The molecule has 2 aromatic carbocycles. The quantitative estimate of drug-likeness (QED) is 0.236. The fraction of sp³-hybridized carbons (Fsp3) is 0.226. The van der Waals surface area contributed by atoms with Gasteiger partial charge in [0.25, 0.3) is 0 Å². The van der Waals surface area contributed by atoms with Gasteiger partial charge in [-0.1, -0.05) is 30.3 Å². The number of methoxy groups -OCH3 is 1. The van der Waals surface area contributed by atoms with Crippen LogP contribution in [0.1, 0.15) is 51.5 Å². The number of nitrogens with one attached hydrogen (secondary N) is 2. The van der Waals surface area contributed by atoms with E-state index in [0.29, 0.717) is 28.8 Å². The molecule has 1 aliphatic rings. The number of thiocarbonyl (C=S) groups is 1. The van der Waals surface area contributed by atoms with E-state index in [9.17, 15) is 14.7 Å². The van der Waals surface area contributed by atoms with Crippen molar-refractivity contribution < 1.29 is 19.4 Å². The second kappa shape index (κ2) is 11.8. The number of anilines is 1. The number of aromatic carboxylic acids is 1. The van der Waals surface area contributed by atoms with Crippen LogP contribution in [0.5, 0.6) is 5.75 Å². The molecule has 1 fully saturated rings. The van der Waals surface area contributed by atoms with Crippen LogP contribution in [-0.4, -0.2) is 50.2 Å². The highest BCUT2D eigenvalue weighted by molar-refractivity contribution is 7.80. The zero-order valence-electron chi connectivity index (χ0n) is 23.0. The molecule has 4 aromatic rings. The van der Waals surface area contributed by atoms with Crippen LogP contribution in [-0.2, 0) is 4.79 Å². The molecule has 0 spiro atoms. The third-order valence-corrected chi connectivity index (χ3v) is 7.68. The number of aryl methyl sites for hydroxylation is 1. The van der Waals surface area contributed by atoms with Crippen molar-refractivity contribution in [3.63, 3.8) is 0 Å². The zero-order valence-corrected chi connectivity index (χ0v) is 23.8. The van der Waals surface area contributed by atoms with Crippen LogP contribution in [0, 0.1) is 13.8 Å². The van der Waals surface area contributed by atoms with Gasteiger partial charge in [0, 0.05) is 30.6 Å². The maximum atomic E-state index is 13.0. The Morgan fingerprint density at radius 2 is 1.80 bits per heavy atom. The first kappa shape index (κ1) is 27.9. The minimum atomic E-state index is -0.993. The number of carboxylic acids is 1. The number of para-hydroxylation sites is 3. The minimum absolute atomic E-state index is 0.168. The Morgan fingerprint density at radius 3 is 2.54 bits per heavy atom. The van der Waals surface area contributed by atoms with Crippen LogP contribution in [0.25, 0.3) is 5.69 Å². The Hall–Kier alpha value is -4.70. The molecular formula is C31H31N5O4S. The number of carboxylic acid groups (broad SMARTS) is 1. The van der Waals surface area contributed by atoms with Crippen molar-refractivity contribution in [2.75, 3.05) is 19.0 Å². The van der Waals surface area contributed by atoms with Crippen LogP contribution < -0.4 is 15.4 Å². The smallest absolute Gasteiger partial charge is 0.337 e. The molecule has 1 aliphatic heterocycles. The number of aromatic nitrogens is 2. The maximum absolute atomic E-state index is 13.0. The number of pyridine rings is 1. The fourth-order valence-corrected chi connectivity index (χ4v) is 5.81. The highest BCUT2D eigenvalue weighted by atomic mass is 32.1. The average molecular weight is 570 g/mol. The lowest BCUT2D eigenvalue weighted by Crippen LogP contribution is -2.33. The van der Waals surface area contributed by atoms with Gasteiger partial charge in [-0.05, 0) is 74.1 Å². The van der Waals surface area contributed by atoms with E-state index >= 15 is 0 Å². The molecule has 0 saturated carbocycles. The van der Waals surface area contributed by atoms with Gasteiger partial charge < -0.3 is 29.9 Å². The third-order valence-electron chi connectivity index (χ3n) is 7.32. The average Bonchev–Trinajstić information content (AvgIpc) is 3.46. The summed E-state index contributed by atoms with van der Waals surface area (Å²) in [6.45, 7) is 4.29. The monoisotopic (exact) mass is 569 g/mol. The molecule has 0 unspecified atom stereocenters. The van der Waals surface area contributed by atoms with Crippen LogP contribution >= 0.6 is 12.2 Å². The molecule has 210 valence electrons. The first-order valence-electron chi connectivity index (χ1n) is 13.2. The van der Waals surface area contributed by atoms with Crippen molar-refractivity contribution in [1.82, 2.24) is 19.8 Å². The lowest BCUT2D eigenvalue weighted by molar-refractivity contribution is -0.116. The minimum Gasteiger partial charge on any atom is -0.495 e. The number of hydrogen-bond donors (Lipinski definition) is 3. The summed E-state index contributed by atoms with van der Waals surface area (Å²) in [7, 11) is 1.56. The van der Waals surface area contributed by atoms with Gasteiger partial charge >= 0.3 is 5.97 Å². The first-order valence-corrected chi connectivity index (χ1v) is 13.6. The SMILES string of the molecule is COc1ccccc1NC(=O)CCN1C(=S)N[C@H](c2ccccn2)[C@@H]1c1cc(C)n(-c2ccccc2C(=O)O)c1C. The summed E-state index contributed by atoms with van der Waals surface area (Å²) in [5.41, 5.74) is 4.96. The van der Waals surface area contributed by atoms with Gasteiger partial charge in [0.1, 0.15) is 5.75 Å². The Kier molecular flexibility index (Phi) is 8.02. The molecule has 1 saturated heterocycles. The lowest BCUT2D eigenvalue weighted by atomic mass is 9.96. The van der Waals surface area contributed by atoms with E-state index < -0.39 is 5.97 Å². The van der Waals surface area contributed by atoms with Gasteiger partial charge in [0.2, 0.25) is 5.91 Å². The molecule has 0 bridgehead atoms. The fourth-order valence-electron chi connectivity index (χ4n) is 5.47. The third kappa shape index (κ3) is 5.51. The van der Waals surface area contributed by atoms with Crippen molar-refractivity contribution in [3.05, 3.63) is 107 Å². The number of carbonyl (C=O) groups is 2. The number of nitrogens with zero attached hydrogens (tertiary/aromatic N) is 3. The van der Waals surface area contributed by atoms with E-state index in [4.69, 9.17) is 17.0 Å². The number of amides is 1. The van der Waals surface area contributed by atoms with Crippen molar-refractivity contribution in [2.45, 2.75) is 32.4 Å². The molecule has 9 nitrogen and oxygen atoms in total. The van der Waals surface area contributed by atoms with Crippen LogP contribution in [0.15, 0.2) is 79.0 Å².